The summed E-state index contributed by atoms with van der Waals surface area (Å²) in [6.07, 6.45) is 0.746. The topological polar surface area (TPSA) is 74.0 Å². The van der Waals surface area contributed by atoms with Gasteiger partial charge in [0.1, 0.15) is 0 Å². The number of anilines is 1. The largest absolute Gasteiger partial charge is 0.370 e. The zero-order chi connectivity index (χ0) is 19.9. The van der Waals surface area contributed by atoms with Gasteiger partial charge in [0.15, 0.2) is 5.96 Å². The summed E-state index contributed by atoms with van der Waals surface area (Å²) in [7, 11) is 1.63. The number of carbonyl (C=O) groups is 1. The molecule has 1 fully saturated rings. The minimum Gasteiger partial charge on any atom is -0.370 e. The number of aliphatic imine (C=N–C) groups is 1. The molecule has 0 aliphatic carbocycles. The summed E-state index contributed by atoms with van der Waals surface area (Å²) in [5.41, 5.74) is 9.11. The Morgan fingerprint density at radius 1 is 1.14 bits per heavy atom. The van der Waals surface area contributed by atoms with Gasteiger partial charge in [0.05, 0.1) is 0 Å². The van der Waals surface area contributed by atoms with E-state index in [0.29, 0.717) is 18.1 Å². The van der Waals surface area contributed by atoms with E-state index in [1.165, 1.54) is 5.69 Å². The third kappa shape index (κ3) is 6.50. The van der Waals surface area contributed by atoms with Crippen molar-refractivity contribution in [3.63, 3.8) is 0 Å². The van der Waals surface area contributed by atoms with Crippen LogP contribution in [0.15, 0.2) is 53.5 Å². The summed E-state index contributed by atoms with van der Waals surface area (Å²) < 4.78 is 0. The summed E-state index contributed by atoms with van der Waals surface area (Å²) in [6.45, 7) is 4.06. The summed E-state index contributed by atoms with van der Waals surface area (Å²) >= 11 is 5.96. The van der Waals surface area contributed by atoms with E-state index in [2.05, 4.69) is 20.1 Å². The highest BCUT2D eigenvalue weighted by atomic mass is 127. The molecule has 156 valence electrons. The Kier molecular flexibility index (Phi) is 9.03. The molecular formula is C21H27ClIN5O. The average Bonchev–Trinajstić information content (AvgIpc) is 2.74. The smallest absolute Gasteiger partial charge is 0.251 e. The molecule has 3 N–H and O–H groups in total. The predicted molar refractivity (Wildman–Crippen MR) is 131 cm³/mol. The van der Waals surface area contributed by atoms with Crippen LogP contribution < -0.4 is 16.0 Å². The van der Waals surface area contributed by atoms with Gasteiger partial charge < -0.3 is 20.9 Å². The second-order valence-electron chi connectivity index (χ2n) is 6.72. The molecule has 0 unspecified atom stereocenters. The van der Waals surface area contributed by atoms with Crippen molar-refractivity contribution in [2.45, 2.75) is 6.42 Å². The third-order valence-electron chi connectivity index (χ3n) is 4.89. The fourth-order valence-corrected chi connectivity index (χ4v) is 3.38. The minimum atomic E-state index is -0.0802. The van der Waals surface area contributed by atoms with Crippen LogP contribution in [0.2, 0.25) is 5.02 Å². The van der Waals surface area contributed by atoms with Crippen LogP contribution in [0.25, 0.3) is 0 Å². The Morgan fingerprint density at radius 2 is 1.83 bits per heavy atom. The number of piperazine rings is 1. The van der Waals surface area contributed by atoms with Gasteiger partial charge in [-0.15, -0.1) is 24.0 Å². The molecule has 8 heteroatoms. The minimum absolute atomic E-state index is 0. The molecule has 0 saturated carbocycles. The van der Waals surface area contributed by atoms with Crippen molar-refractivity contribution >= 4 is 53.1 Å². The first kappa shape index (κ1) is 23.3. The highest BCUT2D eigenvalue weighted by molar-refractivity contribution is 14.0. The van der Waals surface area contributed by atoms with Crippen molar-refractivity contribution in [1.29, 1.82) is 0 Å². The lowest BCUT2D eigenvalue weighted by atomic mass is 10.1. The van der Waals surface area contributed by atoms with E-state index in [0.717, 1.165) is 43.2 Å². The molecule has 0 radical (unpaired) electrons. The monoisotopic (exact) mass is 527 g/mol. The molecule has 0 bridgehead atoms. The number of halogens is 2. The van der Waals surface area contributed by atoms with E-state index in [1.807, 2.05) is 42.5 Å². The lowest BCUT2D eigenvalue weighted by Gasteiger charge is -2.36. The van der Waals surface area contributed by atoms with Crippen LogP contribution >= 0.6 is 35.6 Å². The van der Waals surface area contributed by atoms with E-state index in [-0.39, 0.29) is 29.9 Å². The molecule has 2 aromatic carbocycles. The highest BCUT2D eigenvalue weighted by Crippen LogP contribution is 2.19. The first-order chi connectivity index (χ1) is 13.6. The second-order valence-corrected chi connectivity index (χ2v) is 7.16. The maximum absolute atomic E-state index is 11.7. The van der Waals surface area contributed by atoms with Gasteiger partial charge in [-0.25, -0.2) is 0 Å². The lowest BCUT2D eigenvalue weighted by molar-refractivity contribution is 0.0963. The number of nitrogens with one attached hydrogen (secondary N) is 1. The molecule has 1 aliphatic heterocycles. The van der Waals surface area contributed by atoms with Crippen LogP contribution in [0.4, 0.5) is 5.69 Å². The molecule has 1 heterocycles. The molecular weight excluding hydrogens is 501 g/mol. The Labute approximate surface area is 194 Å². The van der Waals surface area contributed by atoms with Crippen LogP contribution in [0.1, 0.15) is 15.9 Å². The van der Waals surface area contributed by atoms with Crippen LogP contribution in [0.5, 0.6) is 0 Å². The first-order valence-corrected chi connectivity index (χ1v) is 9.81. The van der Waals surface area contributed by atoms with Crippen molar-refractivity contribution < 1.29 is 4.79 Å². The Morgan fingerprint density at radius 3 is 2.48 bits per heavy atom. The zero-order valence-corrected chi connectivity index (χ0v) is 19.6. The van der Waals surface area contributed by atoms with Crippen molar-refractivity contribution in [2.75, 3.05) is 44.7 Å². The maximum Gasteiger partial charge on any atom is 0.251 e. The summed E-state index contributed by atoms with van der Waals surface area (Å²) in [4.78, 5) is 20.7. The standard InChI is InChI=1S/C21H26ClN5O.HI/c1-24-20(28)17-4-2-3-16(15-17)9-10-25-21(23)27-13-11-26(12-14-27)19-7-5-18(22)6-8-19;/h2-8,15H,9-14H2,1H3,(H2,23,25)(H,24,28);1H. The van der Waals surface area contributed by atoms with Gasteiger partial charge in [0.2, 0.25) is 0 Å². The van der Waals surface area contributed by atoms with Crippen LogP contribution in [0.3, 0.4) is 0 Å². The number of benzene rings is 2. The number of amides is 1. The average molecular weight is 528 g/mol. The molecule has 0 atom stereocenters. The van der Waals surface area contributed by atoms with E-state index < -0.39 is 0 Å². The maximum atomic E-state index is 11.7. The van der Waals surface area contributed by atoms with Crippen LogP contribution in [-0.4, -0.2) is 56.5 Å². The van der Waals surface area contributed by atoms with Gasteiger partial charge in [-0.3, -0.25) is 9.79 Å². The van der Waals surface area contributed by atoms with Crippen molar-refractivity contribution in [3.05, 3.63) is 64.7 Å². The van der Waals surface area contributed by atoms with Gasteiger partial charge >= 0.3 is 0 Å². The fraction of sp³-hybridized carbons (Fsp3) is 0.333. The molecule has 3 rings (SSSR count). The molecule has 29 heavy (non-hydrogen) atoms. The number of guanidine groups is 1. The number of rotatable bonds is 5. The summed E-state index contributed by atoms with van der Waals surface area (Å²) in [5.74, 6) is 0.502. The SMILES string of the molecule is CNC(=O)c1cccc(CCN=C(N)N2CCN(c3ccc(Cl)cc3)CC2)c1.I. The third-order valence-corrected chi connectivity index (χ3v) is 5.14. The number of nitrogens with zero attached hydrogens (tertiary/aromatic N) is 3. The lowest BCUT2D eigenvalue weighted by Crippen LogP contribution is -2.51. The van der Waals surface area contributed by atoms with Crippen LogP contribution in [-0.2, 0) is 6.42 Å². The number of hydrogen-bond donors (Lipinski definition) is 2. The molecule has 6 nitrogen and oxygen atoms in total. The molecule has 2 aromatic rings. The summed E-state index contributed by atoms with van der Waals surface area (Å²) in [6, 6.07) is 15.5. The molecule has 1 aliphatic rings. The molecule has 0 aromatic heterocycles. The van der Waals surface area contributed by atoms with Gasteiger partial charge in [-0.05, 0) is 48.4 Å². The quantitative estimate of drug-likeness (QED) is 0.356. The molecule has 0 spiro atoms. The number of nitrogens with two attached hydrogens (primary N) is 1. The predicted octanol–water partition coefficient (Wildman–Crippen LogP) is 3.00. The van der Waals surface area contributed by atoms with Gasteiger partial charge in [-0.2, -0.15) is 0 Å². The van der Waals surface area contributed by atoms with E-state index in [4.69, 9.17) is 17.3 Å². The van der Waals surface area contributed by atoms with E-state index in [9.17, 15) is 4.79 Å². The number of hydrogen-bond acceptors (Lipinski definition) is 3. The normalized spacial score (nSPS) is 14.3. The van der Waals surface area contributed by atoms with Gasteiger partial charge in [0.25, 0.3) is 5.91 Å². The van der Waals surface area contributed by atoms with E-state index >= 15 is 0 Å². The summed E-state index contributed by atoms with van der Waals surface area (Å²) in [5, 5.41) is 3.39. The van der Waals surface area contributed by atoms with Crippen molar-refractivity contribution in [2.24, 2.45) is 10.7 Å². The Balaban J connectivity index is 0.00000300. The zero-order valence-electron chi connectivity index (χ0n) is 16.5. The van der Waals surface area contributed by atoms with Crippen molar-refractivity contribution in [3.8, 4) is 0 Å². The molecule has 1 saturated heterocycles. The first-order valence-electron chi connectivity index (χ1n) is 9.43. The Hall–Kier alpha value is -2.00. The second kappa shape index (κ2) is 11.3. The Bertz CT molecular complexity index is 835. The van der Waals surface area contributed by atoms with E-state index in [1.54, 1.807) is 13.1 Å². The van der Waals surface area contributed by atoms with Crippen molar-refractivity contribution in [1.82, 2.24) is 10.2 Å². The fourth-order valence-electron chi connectivity index (χ4n) is 3.26. The van der Waals surface area contributed by atoms with Gasteiger partial charge in [0, 0.05) is 56.0 Å². The van der Waals surface area contributed by atoms with Gasteiger partial charge in [-0.1, -0.05) is 23.7 Å². The number of carbonyl (C=O) groups excluding carboxylic acids is 1. The van der Waals surface area contributed by atoms with Crippen LogP contribution in [0, 0.1) is 0 Å². The molecule has 1 amide bonds. The highest BCUT2D eigenvalue weighted by Gasteiger charge is 2.18.